The summed E-state index contributed by atoms with van der Waals surface area (Å²) in [5.74, 6) is -0.0957. The van der Waals surface area contributed by atoms with E-state index in [9.17, 15) is 4.79 Å². The molecule has 1 aromatic carbocycles. The number of rotatable bonds is 3. The van der Waals surface area contributed by atoms with Gasteiger partial charge in [-0.25, -0.2) is 4.99 Å². The van der Waals surface area contributed by atoms with Gasteiger partial charge in [-0.1, -0.05) is 0 Å². The lowest BCUT2D eigenvalue weighted by atomic mass is 10.1. The predicted octanol–water partition coefficient (Wildman–Crippen LogP) is 2.67. The zero-order valence-electron chi connectivity index (χ0n) is 11.7. The molecule has 5 heteroatoms. The van der Waals surface area contributed by atoms with Crippen LogP contribution in [-0.2, 0) is 4.79 Å². The van der Waals surface area contributed by atoms with Gasteiger partial charge in [0.05, 0.1) is 5.69 Å². The number of likely N-dealkylation sites (N-methyl/N-ethyl adjacent to an activating group) is 1. The molecule has 1 N–H and O–H groups in total. The van der Waals surface area contributed by atoms with Crippen LogP contribution in [0.25, 0.3) is 0 Å². The van der Waals surface area contributed by atoms with Crippen LogP contribution in [0, 0.1) is 0 Å². The van der Waals surface area contributed by atoms with E-state index in [1.165, 1.54) is 0 Å². The Morgan fingerprint density at radius 3 is 2.55 bits per heavy atom. The Morgan fingerprint density at radius 1 is 1.25 bits per heavy atom. The summed E-state index contributed by atoms with van der Waals surface area (Å²) in [6.45, 7) is 0. The number of hydrogen-bond acceptors (Lipinski definition) is 5. The van der Waals surface area contributed by atoms with Crippen molar-refractivity contribution in [1.29, 1.82) is 0 Å². The van der Waals surface area contributed by atoms with E-state index in [4.69, 9.17) is 0 Å². The largest absolute Gasteiger partial charge is 0.388 e. The normalized spacial score (nSPS) is 16.3. The van der Waals surface area contributed by atoms with E-state index < -0.39 is 0 Å². The molecule has 1 aliphatic rings. The van der Waals surface area contributed by atoms with Crippen LogP contribution in [0.5, 0.6) is 0 Å². The van der Waals surface area contributed by atoms with Gasteiger partial charge in [0.25, 0.3) is 0 Å². The van der Waals surface area contributed by atoms with Crippen LogP contribution in [0.2, 0.25) is 0 Å². The average Bonchev–Trinajstić information content (AvgIpc) is 2.42. The van der Waals surface area contributed by atoms with Crippen LogP contribution in [-0.4, -0.2) is 37.5 Å². The summed E-state index contributed by atoms with van der Waals surface area (Å²) in [6.07, 6.45) is 5.19. The Kier molecular flexibility index (Phi) is 4.29. The van der Waals surface area contributed by atoms with E-state index in [1.54, 1.807) is 12.2 Å². The summed E-state index contributed by atoms with van der Waals surface area (Å²) >= 11 is 4.39. The van der Waals surface area contributed by atoms with Crippen molar-refractivity contribution < 1.29 is 4.79 Å². The molecule has 0 heterocycles. The highest BCUT2D eigenvalue weighted by molar-refractivity contribution is 7.80. The Hall–Kier alpha value is -2.01. The van der Waals surface area contributed by atoms with E-state index in [-0.39, 0.29) is 5.78 Å². The van der Waals surface area contributed by atoms with Crippen LogP contribution in [0.1, 0.15) is 0 Å². The predicted molar refractivity (Wildman–Crippen MR) is 86.3 cm³/mol. The number of anilines is 1. The fourth-order valence-corrected chi connectivity index (χ4v) is 2.04. The number of carbonyl (C=O) groups excluding carboxylic acids is 1. The quantitative estimate of drug-likeness (QED) is 0.663. The summed E-state index contributed by atoms with van der Waals surface area (Å²) in [6, 6.07) is 5.62. The zero-order valence-corrected chi connectivity index (χ0v) is 12.6. The topological polar surface area (TPSA) is 44.7 Å². The lowest BCUT2D eigenvalue weighted by Gasteiger charge is -2.16. The number of allylic oxidation sites excluding steroid dienone is 3. The van der Waals surface area contributed by atoms with Crippen molar-refractivity contribution in [2.24, 2.45) is 4.99 Å². The van der Waals surface area contributed by atoms with Crippen molar-refractivity contribution in [3.63, 3.8) is 0 Å². The molecule has 0 amide bonds. The van der Waals surface area contributed by atoms with Gasteiger partial charge in [0.15, 0.2) is 0 Å². The minimum absolute atomic E-state index is 0.0957. The maximum absolute atomic E-state index is 12.0. The fourth-order valence-electron chi connectivity index (χ4n) is 1.78. The number of aliphatic imine (C=N–C) groups is 1. The molecule has 1 aromatic rings. The fraction of sp³-hybridized carbons (Fsp3) is 0.200. The SMILES string of the molecule is CNc1ccc(N=C2C=CC(N(C)C)=CC2=O)c(S)c1. The van der Waals surface area contributed by atoms with Gasteiger partial charge in [0, 0.05) is 43.5 Å². The molecule has 0 aromatic heterocycles. The first-order chi connectivity index (χ1) is 9.51. The van der Waals surface area contributed by atoms with E-state index >= 15 is 0 Å². The Bertz CT molecular complexity index is 630. The Labute approximate surface area is 124 Å². The summed E-state index contributed by atoms with van der Waals surface area (Å²) in [5, 5.41) is 3.03. The molecule has 0 saturated carbocycles. The molecule has 0 aliphatic heterocycles. The third-order valence-corrected chi connectivity index (χ3v) is 3.32. The van der Waals surface area contributed by atoms with E-state index in [2.05, 4.69) is 22.9 Å². The molecule has 0 fully saturated rings. The molecule has 0 bridgehead atoms. The van der Waals surface area contributed by atoms with Crippen LogP contribution in [0.15, 0.2) is 52.0 Å². The van der Waals surface area contributed by atoms with E-state index in [0.717, 1.165) is 16.3 Å². The minimum Gasteiger partial charge on any atom is -0.388 e. The first kappa shape index (κ1) is 14.4. The van der Waals surface area contributed by atoms with Crippen molar-refractivity contribution >= 4 is 35.5 Å². The smallest absolute Gasteiger partial charge is 0.206 e. The first-order valence-electron chi connectivity index (χ1n) is 6.22. The third kappa shape index (κ3) is 3.11. The van der Waals surface area contributed by atoms with Crippen molar-refractivity contribution in [2.75, 3.05) is 26.5 Å². The number of ketones is 1. The summed E-state index contributed by atoms with van der Waals surface area (Å²) in [5.41, 5.74) is 2.93. The van der Waals surface area contributed by atoms with Crippen molar-refractivity contribution in [2.45, 2.75) is 4.90 Å². The summed E-state index contributed by atoms with van der Waals surface area (Å²) < 4.78 is 0. The zero-order chi connectivity index (χ0) is 14.7. The second-order valence-corrected chi connectivity index (χ2v) is 5.09. The van der Waals surface area contributed by atoms with E-state index in [1.807, 2.05) is 50.3 Å². The number of nitrogens with one attached hydrogen (secondary N) is 1. The van der Waals surface area contributed by atoms with Crippen molar-refractivity contribution in [3.05, 3.63) is 42.1 Å². The number of benzene rings is 1. The number of carbonyl (C=O) groups is 1. The number of nitrogens with zero attached hydrogens (tertiary/aromatic N) is 2. The molecule has 0 radical (unpaired) electrons. The molecule has 0 unspecified atom stereocenters. The molecule has 1 aliphatic carbocycles. The van der Waals surface area contributed by atoms with Gasteiger partial charge in [-0.15, -0.1) is 12.6 Å². The van der Waals surface area contributed by atoms with Gasteiger partial charge in [-0.2, -0.15) is 0 Å². The van der Waals surface area contributed by atoms with Crippen molar-refractivity contribution in [1.82, 2.24) is 4.90 Å². The standard InChI is InChI=1S/C15H17N3OS/c1-16-10-4-6-13(15(20)8-10)17-12-7-5-11(18(2)3)9-14(12)19/h4-9,16,20H,1-3H3. The lowest BCUT2D eigenvalue weighted by molar-refractivity contribution is -0.108. The highest BCUT2D eigenvalue weighted by Gasteiger charge is 2.13. The van der Waals surface area contributed by atoms with Gasteiger partial charge >= 0.3 is 0 Å². The highest BCUT2D eigenvalue weighted by atomic mass is 32.1. The van der Waals surface area contributed by atoms with Gasteiger partial charge in [0.2, 0.25) is 5.78 Å². The van der Waals surface area contributed by atoms with Crippen LogP contribution < -0.4 is 5.32 Å². The van der Waals surface area contributed by atoms with Crippen LogP contribution in [0.3, 0.4) is 0 Å². The molecule has 4 nitrogen and oxygen atoms in total. The first-order valence-corrected chi connectivity index (χ1v) is 6.67. The van der Waals surface area contributed by atoms with Gasteiger partial charge in [0.1, 0.15) is 5.71 Å². The molecular formula is C15H17N3OS. The lowest BCUT2D eigenvalue weighted by Crippen LogP contribution is -2.18. The van der Waals surface area contributed by atoms with Gasteiger partial charge in [-0.3, -0.25) is 4.79 Å². The van der Waals surface area contributed by atoms with Gasteiger partial charge in [-0.05, 0) is 30.4 Å². The number of hydrogen-bond donors (Lipinski definition) is 2. The summed E-state index contributed by atoms with van der Waals surface area (Å²) in [4.78, 5) is 19.0. The second kappa shape index (κ2) is 5.96. The van der Waals surface area contributed by atoms with E-state index in [0.29, 0.717) is 11.4 Å². The van der Waals surface area contributed by atoms with Crippen LogP contribution in [0.4, 0.5) is 11.4 Å². The monoisotopic (exact) mass is 287 g/mol. The summed E-state index contributed by atoms with van der Waals surface area (Å²) in [7, 11) is 5.64. The Balaban J connectivity index is 2.30. The van der Waals surface area contributed by atoms with Crippen molar-refractivity contribution in [3.8, 4) is 0 Å². The molecule has 20 heavy (non-hydrogen) atoms. The molecular weight excluding hydrogens is 270 g/mol. The molecule has 0 atom stereocenters. The maximum atomic E-state index is 12.0. The molecule has 0 saturated heterocycles. The minimum atomic E-state index is -0.0957. The highest BCUT2D eigenvalue weighted by Crippen LogP contribution is 2.27. The van der Waals surface area contributed by atoms with Crippen LogP contribution >= 0.6 is 12.6 Å². The van der Waals surface area contributed by atoms with Gasteiger partial charge < -0.3 is 10.2 Å². The molecule has 0 spiro atoms. The second-order valence-electron chi connectivity index (χ2n) is 4.61. The average molecular weight is 287 g/mol. The molecule has 2 rings (SSSR count). The third-order valence-electron chi connectivity index (χ3n) is 2.96. The maximum Gasteiger partial charge on any atom is 0.206 e. The number of thiol groups is 1. The molecule has 104 valence electrons. The Morgan fingerprint density at radius 2 is 2.00 bits per heavy atom.